The third-order valence-corrected chi connectivity index (χ3v) is 3.43. The Labute approximate surface area is 122 Å². The number of rotatable bonds is 3. The van der Waals surface area contributed by atoms with Crippen LogP contribution >= 0.6 is 11.3 Å². The normalized spacial score (nSPS) is 9.70. The molecule has 0 aliphatic carbocycles. The molecule has 3 N–H and O–H groups in total. The number of carbonyl (C=O) groups excluding carboxylic acids is 1. The van der Waals surface area contributed by atoms with Gasteiger partial charge in [0.1, 0.15) is 0 Å². The average Bonchev–Trinajstić information content (AvgIpc) is 2.96. The van der Waals surface area contributed by atoms with E-state index in [4.69, 9.17) is 5.73 Å². The van der Waals surface area contributed by atoms with Crippen LogP contribution in [-0.4, -0.2) is 17.4 Å². The summed E-state index contributed by atoms with van der Waals surface area (Å²) in [6, 6.07) is 5.58. The zero-order chi connectivity index (χ0) is 14.4. The molecule has 0 saturated heterocycles. The first-order valence-electron chi connectivity index (χ1n) is 6.16. The van der Waals surface area contributed by atoms with Crippen molar-refractivity contribution in [2.45, 2.75) is 13.5 Å². The SMILES string of the molecule is Cc1ccc(C(=O)NCc2cncs2)c(C#CCN)c1. The van der Waals surface area contributed by atoms with Gasteiger partial charge in [0.25, 0.3) is 5.91 Å². The van der Waals surface area contributed by atoms with Gasteiger partial charge in [-0.15, -0.1) is 11.3 Å². The molecule has 20 heavy (non-hydrogen) atoms. The van der Waals surface area contributed by atoms with Crippen LogP contribution in [0, 0.1) is 18.8 Å². The second kappa shape index (κ2) is 6.85. The summed E-state index contributed by atoms with van der Waals surface area (Å²) in [6.07, 6.45) is 1.75. The lowest BCUT2D eigenvalue weighted by Crippen LogP contribution is -2.23. The molecule has 0 aliphatic rings. The molecule has 2 rings (SSSR count). The number of hydrogen-bond acceptors (Lipinski definition) is 4. The van der Waals surface area contributed by atoms with Crippen LogP contribution in [0.15, 0.2) is 29.9 Å². The maximum atomic E-state index is 12.2. The van der Waals surface area contributed by atoms with Gasteiger partial charge in [0.2, 0.25) is 0 Å². The average molecular weight is 285 g/mol. The Balaban J connectivity index is 2.16. The van der Waals surface area contributed by atoms with Crippen molar-refractivity contribution in [3.63, 3.8) is 0 Å². The van der Waals surface area contributed by atoms with Gasteiger partial charge in [-0.2, -0.15) is 0 Å². The minimum Gasteiger partial charge on any atom is -0.347 e. The van der Waals surface area contributed by atoms with Gasteiger partial charge in [-0.3, -0.25) is 9.78 Å². The first-order valence-corrected chi connectivity index (χ1v) is 7.04. The van der Waals surface area contributed by atoms with Crippen molar-refractivity contribution in [3.05, 3.63) is 51.5 Å². The van der Waals surface area contributed by atoms with Gasteiger partial charge in [-0.05, 0) is 24.6 Å². The number of nitrogens with one attached hydrogen (secondary N) is 1. The maximum absolute atomic E-state index is 12.2. The Morgan fingerprint density at radius 1 is 1.50 bits per heavy atom. The number of hydrogen-bond donors (Lipinski definition) is 2. The number of carbonyl (C=O) groups is 1. The number of aromatic nitrogens is 1. The quantitative estimate of drug-likeness (QED) is 0.843. The van der Waals surface area contributed by atoms with E-state index in [0.717, 1.165) is 10.4 Å². The summed E-state index contributed by atoms with van der Waals surface area (Å²) in [5, 5.41) is 2.87. The summed E-state index contributed by atoms with van der Waals surface area (Å²) in [6.45, 7) is 2.71. The van der Waals surface area contributed by atoms with Crippen LogP contribution in [0.2, 0.25) is 0 Å². The van der Waals surface area contributed by atoms with E-state index in [-0.39, 0.29) is 12.5 Å². The molecule has 2 aromatic rings. The minimum atomic E-state index is -0.139. The van der Waals surface area contributed by atoms with E-state index >= 15 is 0 Å². The first-order chi connectivity index (χ1) is 9.70. The van der Waals surface area contributed by atoms with E-state index in [9.17, 15) is 4.79 Å². The molecular weight excluding hydrogens is 270 g/mol. The summed E-state index contributed by atoms with van der Waals surface area (Å²) in [5.41, 5.74) is 9.46. The van der Waals surface area contributed by atoms with Crippen LogP contribution in [0.1, 0.15) is 26.4 Å². The molecule has 0 fully saturated rings. The highest BCUT2D eigenvalue weighted by atomic mass is 32.1. The molecule has 102 valence electrons. The molecule has 1 amide bonds. The largest absolute Gasteiger partial charge is 0.347 e. The molecule has 0 saturated carbocycles. The van der Waals surface area contributed by atoms with Crippen molar-refractivity contribution in [2.75, 3.05) is 6.54 Å². The van der Waals surface area contributed by atoms with Crippen LogP contribution in [0.3, 0.4) is 0 Å². The Morgan fingerprint density at radius 2 is 2.35 bits per heavy atom. The van der Waals surface area contributed by atoms with E-state index in [1.807, 2.05) is 19.1 Å². The van der Waals surface area contributed by atoms with Gasteiger partial charge in [0.05, 0.1) is 24.2 Å². The highest BCUT2D eigenvalue weighted by molar-refractivity contribution is 7.09. The zero-order valence-corrected chi connectivity index (χ0v) is 12.0. The molecule has 4 nitrogen and oxygen atoms in total. The molecule has 5 heteroatoms. The van der Waals surface area contributed by atoms with Gasteiger partial charge >= 0.3 is 0 Å². The number of nitrogens with two attached hydrogens (primary N) is 1. The molecule has 1 aromatic carbocycles. The summed E-state index contributed by atoms with van der Waals surface area (Å²) < 4.78 is 0. The molecular formula is C15H15N3OS. The van der Waals surface area contributed by atoms with Crippen molar-refractivity contribution in [2.24, 2.45) is 5.73 Å². The second-order valence-corrected chi connectivity index (χ2v) is 5.18. The fraction of sp³-hybridized carbons (Fsp3) is 0.200. The summed E-state index contributed by atoms with van der Waals surface area (Å²) in [5.74, 6) is 5.59. The third kappa shape index (κ3) is 3.67. The predicted octanol–water partition coefficient (Wildman–Crippen LogP) is 1.69. The maximum Gasteiger partial charge on any atom is 0.252 e. The smallest absolute Gasteiger partial charge is 0.252 e. The molecule has 0 bridgehead atoms. The summed E-state index contributed by atoms with van der Waals surface area (Å²) in [7, 11) is 0. The topological polar surface area (TPSA) is 68.0 Å². The van der Waals surface area contributed by atoms with E-state index in [1.54, 1.807) is 17.8 Å². The zero-order valence-electron chi connectivity index (χ0n) is 11.1. The number of benzene rings is 1. The highest BCUT2D eigenvalue weighted by Gasteiger charge is 2.10. The molecule has 0 spiro atoms. The lowest BCUT2D eigenvalue weighted by atomic mass is 10.0. The Morgan fingerprint density at radius 3 is 3.05 bits per heavy atom. The molecule has 0 unspecified atom stereocenters. The fourth-order valence-electron chi connectivity index (χ4n) is 1.70. The highest BCUT2D eigenvalue weighted by Crippen LogP contribution is 2.12. The van der Waals surface area contributed by atoms with Crippen LogP contribution in [-0.2, 0) is 6.54 Å². The van der Waals surface area contributed by atoms with Gasteiger partial charge < -0.3 is 11.1 Å². The van der Waals surface area contributed by atoms with E-state index in [2.05, 4.69) is 22.1 Å². The van der Waals surface area contributed by atoms with Crippen LogP contribution in [0.5, 0.6) is 0 Å². The van der Waals surface area contributed by atoms with Gasteiger partial charge in [0, 0.05) is 16.6 Å². The van der Waals surface area contributed by atoms with Gasteiger partial charge in [-0.1, -0.05) is 17.9 Å². The lowest BCUT2D eigenvalue weighted by Gasteiger charge is -2.07. The van der Waals surface area contributed by atoms with Crippen molar-refractivity contribution in [1.82, 2.24) is 10.3 Å². The first kappa shape index (κ1) is 14.3. The Bertz CT molecular complexity index is 653. The van der Waals surface area contributed by atoms with Crippen molar-refractivity contribution >= 4 is 17.2 Å². The Hall–Kier alpha value is -2.16. The van der Waals surface area contributed by atoms with Crippen LogP contribution in [0.4, 0.5) is 0 Å². The molecule has 0 radical (unpaired) electrons. The van der Waals surface area contributed by atoms with Crippen LogP contribution in [0.25, 0.3) is 0 Å². The van der Waals surface area contributed by atoms with Crippen molar-refractivity contribution in [1.29, 1.82) is 0 Å². The number of thiazole rings is 1. The predicted molar refractivity (Wildman–Crippen MR) is 80.4 cm³/mol. The number of nitrogens with zero attached hydrogens (tertiary/aromatic N) is 1. The molecule has 1 heterocycles. The van der Waals surface area contributed by atoms with E-state index in [0.29, 0.717) is 17.7 Å². The van der Waals surface area contributed by atoms with E-state index in [1.165, 1.54) is 11.3 Å². The molecule has 0 aliphatic heterocycles. The lowest BCUT2D eigenvalue weighted by molar-refractivity contribution is 0.0951. The van der Waals surface area contributed by atoms with Crippen molar-refractivity contribution in [3.8, 4) is 11.8 Å². The van der Waals surface area contributed by atoms with E-state index < -0.39 is 0 Å². The number of aryl methyl sites for hydroxylation is 1. The van der Waals surface area contributed by atoms with Gasteiger partial charge in [-0.25, -0.2) is 0 Å². The van der Waals surface area contributed by atoms with Gasteiger partial charge in [0.15, 0.2) is 0 Å². The standard InChI is InChI=1S/C15H15N3OS/c1-11-4-5-14(12(7-11)3-2-6-16)15(19)18-9-13-8-17-10-20-13/h4-5,7-8,10H,6,9,16H2,1H3,(H,18,19). The third-order valence-electron chi connectivity index (χ3n) is 2.65. The van der Waals surface area contributed by atoms with Crippen LogP contribution < -0.4 is 11.1 Å². The monoisotopic (exact) mass is 285 g/mol. The fourth-order valence-corrected chi connectivity index (χ4v) is 2.23. The summed E-state index contributed by atoms with van der Waals surface area (Å²) in [4.78, 5) is 17.2. The second-order valence-electron chi connectivity index (χ2n) is 4.21. The van der Waals surface area contributed by atoms with Crippen molar-refractivity contribution < 1.29 is 4.79 Å². The Kier molecular flexibility index (Phi) is 4.88. The number of amides is 1. The molecule has 1 aromatic heterocycles. The summed E-state index contributed by atoms with van der Waals surface area (Å²) >= 11 is 1.51. The minimum absolute atomic E-state index is 0.139. The molecule has 0 atom stereocenters.